The predicted octanol–water partition coefficient (Wildman–Crippen LogP) is 2.81. The molecular formula is C17H11N3O3. The van der Waals surface area contributed by atoms with Crippen LogP contribution in [-0.4, -0.2) is 25.7 Å². The Kier molecular flexibility index (Phi) is 3.53. The minimum absolute atomic E-state index is 0.247. The van der Waals surface area contributed by atoms with Gasteiger partial charge in [-0.2, -0.15) is 5.26 Å². The summed E-state index contributed by atoms with van der Waals surface area (Å²) in [5.74, 6) is -1.35. The number of benzene rings is 1. The van der Waals surface area contributed by atoms with Crippen LogP contribution < -0.4 is 0 Å². The summed E-state index contributed by atoms with van der Waals surface area (Å²) in [5, 5.41) is 27.9. The van der Waals surface area contributed by atoms with Crippen molar-refractivity contribution in [2.45, 2.75) is 0 Å². The number of pyridine rings is 1. The first-order valence-corrected chi connectivity index (χ1v) is 6.70. The van der Waals surface area contributed by atoms with Crippen LogP contribution in [0.5, 0.6) is 5.75 Å². The summed E-state index contributed by atoms with van der Waals surface area (Å²) in [6.07, 6.45) is 4.36. The van der Waals surface area contributed by atoms with E-state index in [9.17, 15) is 15.2 Å². The highest BCUT2D eigenvalue weighted by Gasteiger charge is 2.14. The largest absolute Gasteiger partial charge is 0.505 e. The molecule has 1 aromatic carbocycles. The molecule has 0 aliphatic heterocycles. The van der Waals surface area contributed by atoms with E-state index < -0.39 is 11.7 Å². The SMILES string of the molecule is N#Cc1cn(-c2cc(C(=O)O)c(O)cn2)cc1-c1ccccc1. The van der Waals surface area contributed by atoms with Crippen molar-refractivity contribution in [3.63, 3.8) is 0 Å². The van der Waals surface area contributed by atoms with Crippen molar-refractivity contribution in [1.82, 2.24) is 9.55 Å². The van der Waals surface area contributed by atoms with Crippen LogP contribution in [0.3, 0.4) is 0 Å². The second-order valence-electron chi connectivity index (χ2n) is 4.84. The minimum Gasteiger partial charge on any atom is -0.505 e. The van der Waals surface area contributed by atoms with Gasteiger partial charge in [0.15, 0.2) is 0 Å². The van der Waals surface area contributed by atoms with Crippen LogP contribution in [0.4, 0.5) is 0 Å². The summed E-state index contributed by atoms with van der Waals surface area (Å²) in [6, 6.07) is 12.8. The topological polar surface area (TPSA) is 99.1 Å². The van der Waals surface area contributed by atoms with Gasteiger partial charge in [-0.25, -0.2) is 9.78 Å². The van der Waals surface area contributed by atoms with Gasteiger partial charge in [0.2, 0.25) is 0 Å². The van der Waals surface area contributed by atoms with Crippen LogP contribution >= 0.6 is 0 Å². The number of aromatic hydroxyl groups is 1. The van der Waals surface area contributed by atoms with Gasteiger partial charge in [-0.05, 0) is 11.6 Å². The Morgan fingerprint density at radius 3 is 2.61 bits per heavy atom. The smallest absolute Gasteiger partial charge is 0.339 e. The molecule has 3 aromatic rings. The van der Waals surface area contributed by atoms with Crippen molar-refractivity contribution >= 4 is 5.97 Å². The molecule has 6 heteroatoms. The fourth-order valence-electron chi connectivity index (χ4n) is 2.27. The lowest BCUT2D eigenvalue weighted by Gasteiger charge is -2.04. The Bertz CT molecular complexity index is 924. The van der Waals surface area contributed by atoms with Crippen LogP contribution in [0, 0.1) is 11.3 Å². The molecule has 0 aliphatic rings. The number of rotatable bonds is 3. The number of nitriles is 1. The number of hydrogen-bond donors (Lipinski definition) is 2. The minimum atomic E-state index is -1.25. The van der Waals surface area contributed by atoms with Gasteiger partial charge in [-0.15, -0.1) is 0 Å². The van der Waals surface area contributed by atoms with Crippen LogP contribution in [0.15, 0.2) is 55.0 Å². The molecule has 3 rings (SSSR count). The van der Waals surface area contributed by atoms with Crippen molar-refractivity contribution in [2.75, 3.05) is 0 Å². The highest BCUT2D eigenvalue weighted by Crippen LogP contribution is 2.26. The molecule has 0 amide bonds. The van der Waals surface area contributed by atoms with Crippen LogP contribution in [0.2, 0.25) is 0 Å². The zero-order valence-electron chi connectivity index (χ0n) is 11.8. The van der Waals surface area contributed by atoms with E-state index in [1.165, 1.54) is 6.07 Å². The Morgan fingerprint density at radius 2 is 1.96 bits per heavy atom. The molecule has 0 atom stereocenters. The Labute approximate surface area is 131 Å². The van der Waals surface area contributed by atoms with E-state index in [-0.39, 0.29) is 5.56 Å². The molecule has 23 heavy (non-hydrogen) atoms. The Balaban J connectivity index is 2.13. The van der Waals surface area contributed by atoms with Gasteiger partial charge in [0, 0.05) is 18.0 Å². The van der Waals surface area contributed by atoms with Crippen LogP contribution in [0.25, 0.3) is 16.9 Å². The van der Waals surface area contributed by atoms with Crippen LogP contribution in [0.1, 0.15) is 15.9 Å². The number of aromatic nitrogens is 2. The first-order valence-electron chi connectivity index (χ1n) is 6.70. The molecule has 0 saturated heterocycles. The average Bonchev–Trinajstić information content (AvgIpc) is 3.00. The molecule has 0 radical (unpaired) electrons. The van der Waals surface area contributed by atoms with Crippen molar-refractivity contribution in [1.29, 1.82) is 5.26 Å². The molecule has 0 unspecified atom stereocenters. The first-order chi connectivity index (χ1) is 11.1. The van der Waals surface area contributed by atoms with Gasteiger partial charge in [0.05, 0.1) is 11.8 Å². The highest BCUT2D eigenvalue weighted by molar-refractivity contribution is 5.91. The molecule has 2 N–H and O–H groups in total. The number of aromatic carboxylic acids is 1. The highest BCUT2D eigenvalue weighted by atomic mass is 16.4. The van der Waals surface area contributed by atoms with Gasteiger partial charge < -0.3 is 14.8 Å². The number of hydrogen-bond acceptors (Lipinski definition) is 4. The van der Waals surface area contributed by atoms with Gasteiger partial charge in [0.1, 0.15) is 23.2 Å². The van der Waals surface area contributed by atoms with Gasteiger partial charge >= 0.3 is 5.97 Å². The Morgan fingerprint density at radius 1 is 1.22 bits per heavy atom. The maximum atomic E-state index is 11.1. The maximum absolute atomic E-state index is 11.1. The fourth-order valence-corrected chi connectivity index (χ4v) is 2.27. The summed E-state index contributed by atoms with van der Waals surface area (Å²) in [5.41, 5.74) is 1.80. The number of carbonyl (C=O) groups is 1. The average molecular weight is 305 g/mol. The second kappa shape index (κ2) is 5.66. The summed E-state index contributed by atoms with van der Waals surface area (Å²) in [6.45, 7) is 0. The quantitative estimate of drug-likeness (QED) is 0.775. The fraction of sp³-hybridized carbons (Fsp3) is 0. The molecule has 6 nitrogen and oxygen atoms in total. The van der Waals surface area contributed by atoms with E-state index in [2.05, 4.69) is 11.1 Å². The van der Waals surface area contributed by atoms with E-state index in [0.717, 1.165) is 17.3 Å². The van der Waals surface area contributed by atoms with Crippen LogP contribution in [-0.2, 0) is 0 Å². The van der Waals surface area contributed by atoms with Gasteiger partial charge in [0.25, 0.3) is 0 Å². The van der Waals surface area contributed by atoms with Crippen molar-refractivity contribution in [3.05, 3.63) is 66.1 Å². The van der Waals surface area contributed by atoms with E-state index in [4.69, 9.17) is 5.11 Å². The van der Waals surface area contributed by atoms with E-state index in [1.807, 2.05) is 30.3 Å². The van der Waals surface area contributed by atoms with Gasteiger partial charge in [-0.1, -0.05) is 30.3 Å². The van der Waals surface area contributed by atoms with Crippen molar-refractivity contribution in [2.24, 2.45) is 0 Å². The third-order valence-corrected chi connectivity index (χ3v) is 3.40. The van der Waals surface area contributed by atoms with E-state index in [1.54, 1.807) is 17.0 Å². The molecule has 0 bridgehead atoms. The third-order valence-electron chi connectivity index (χ3n) is 3.40. The molecule has 0 saturated carbocycles. The Hall–Kier alpha value is -3.59. The third kappa shape index (κ3) is 2.63. The lowest BCUT2D eigenvalue weighted by atomic mass is 10.1. The lowest BCUT2D eigenvalue weighted by Crippen LogP contribution is -2.01. The zero-order chi connectivity index (χ0) is 16.4. The molecule has 2 aromatic heterocycles. The summed E-state index contributed by atoms with van der Waals surface area (Å²) < 4.78 is 1.56. The van der Waals surface area contributed by atoms with E-state index in [0.29, 0.717) is 11.4 Å². The molecule has 112 valence electrons. The molecule has 0 aliphatic carbocycles. The van der Waals surface area contributed by atoms with Gasteiger partial charge in [-0.3, -0.25) is 0 Å². The van der Waals surface area contributed by atoms with Crippen molar-refractivity contribution < 1.29 is 15.0 Å². The monoisotopic (exact) mass is 305 g/mol. The normalized spacial score (nSPS) is 10.2. The first kappa shape index (κ1) is 14.4. The van der Waals surface area contributed by atoms with E-state index >= 15 is 0 Å². The number of carboxylic acids is 1. The maximum Gasteiger partial charge on any atom is 0.339 e. The molecular weight excluding hydrogens is 294 g/mol. The summed E-state index contributed by atoms with van der Waals surface area (Å²) >= 11 is 0. The molecule has 2 heterocycles. The summed E-state index contributed by atoms with van der Waals surface area (Å²) in [7, 11) is 0. The predicted molar refractivity (Wildman–Crippen MR) is 82.3 cm³/mol. The number of nitrogens with zero attached hydrogens (tertiary/aromatic N) is 3. The van der Waals surface area contributed by atoms with Crippen molar-refractivity contribution in [3.8, 4) is 28.8 Å². The second-order valence-corrected chi connectivity index (χ2v) is 4.84. The number of carboxylic acid groups (broad SMARTS) is 1. The standard InChI is InChI=1S/C17H11N3O3/c18-7-12-9-20(10-14(12)11-4-2-1-3-5-11)16-6-13(17(22)23)15(21)8-19-16/h1-6,8-10,21H,(H,22,23). The molecule has 0 spiro atoms. The zero-order valence-corrected chi connectivity index (χ0v) is 11.8. The lowest BCUT2D eigenvalue weighted by molar-refractivity contribution is 0.0693. The molecule has 0 fully saturated rings. The summed E-state index contributed by atoms with van der Waals surface area (Å²) in [4.78, 5) is 15.1.